The van der Waals surface area contributed by atoms with E-state index in [2.05, 4.69) is 27.2 Å². The predicted octanol–water partition coefficient (Wildman–Crippen LogP) is 0.478. The quantitative estimate of drug-likeness (QED) is 0.492. The van der Waals surface area contributed by atoms with Crippen LogP contribution in [0.4, 0.5) is 0 Å². The van der Waals surface area contributed by atoms with Crippen LogP contribution in [0.3, 0.4) is 0 Å². The summed E-state index contributed by atoms with van der Waals surface area (Å²) in [4.78, 5) is 0. The summed E-state index contributed by atoms with van der Waals surface area (Å²) in [7, 11) is 0. The van der Waals surface area contributed by atoms with Gasteiger partial charge < -0.3 is 0 Å². The normalized spacial score (nSPS) is 9.33. The van der Waals surface area contributed by atoms with Gasteiger partial charge in [-0.1, -0.05) is 17.8 Å². The Kier molecular flexibility index (Phi) is 2.26. The van der Waals surface area contributed by atoms with Gasteiger partial charge in [-0.15, -0.1) is 11.7 Å². The van der Waals surface area contributed by atoms with Crippen molar-refractivity contribution in [3.8, 4) is 0 Å². The Morgan fingerprint density at radius 1 is 1.78 bits per heavy atom. The van der Waals surface area contributed by atoms with Gasteiger partial charge in [0.1, 0.15) is 0 Å². The Balaban J connectivity index is 2.38. The summed E-state index contributed by atoms with van der Waals surface area (Å²) in [5.74, 6) is 0.830. The summed E-state index contributed by atoms with van der Waals surface area (Å²) in [6, 6.07) is 0. The largest absolute Gasteiger partial charge is 0.234 e. The molecule has 1 aromatic rings. The van der Waals surface area contributed by atoms with Gasteiger partial charge in [0.15, 0.2) is 0 Å². The average molecular weight is 142 g/mol. The first-order valence-electron chi connectivity index (χ1n) is 2.41. The molecule has 0 spiro atoms. The third kappa shape index (κ3) is 1.85. The van der Waals surface area contributed by atoms with Crippen LogP contribution in [0.15, 0.2) is 17.8 Å². The van der Waals surface area contributed by atoms with E-state index < -0.39 is 0 Å². The Labute approximate surface area is 56.7 Å². The number of H-pyrrole nitrogens is 1. The molecule has 0 saturated heterocycles. The number of tetrazole rings is 1. The Morgan fingerprint density at radius 2 is 2.67 bits per heavy atom. The molecule has 0 unspecified atom stereocenters. The van der Waals surface area contributed by atoms with Gasteiger partial charge >= 0.3 is 0 Å². The average Bonchev–Trinajstić information content (AvgIpc) is 2.34. The molecule has 1 N–H and O–H groups in total. The van der Waals surface area contributed by atoms with E-state index in [-0.39, 0.29) is 0 Å². The molecule has 0 atom stereocenters. The zero-order valence-corrected chi connectivity index (χ0v) is 5.56. The highest BCUT2D eigenvalue weighted by molar-refractivity contribution is 7.99. The van der Waals surface area contributed by atoms with Crippen molar-refractivity contribution in [2.24, 2.45) is 0 Å². The zero-order valence-electron chi connectivity index (χ0n) is 4.74. The Hall–Kier alpha value is -0.840. The van der Waals surface area contributed by atoms with E-state index in [1.165, 1.54) is 11.8 Å². The van der Waals surface area contributed by atoms with Crippen molar-refractivity contribution in [2.45, 2.75) is 5.16 Å². The smallest absolute Gasteiger partial charge is 0.207 e. The highest BCUT2D eigenvalue weighted by Crippen LogP contribution is 2.08. The first kappa shape index (κ1) is 6.28. The fourth-order valence-electron chi connectivity index (χ4n) is 0.349. The van der Waals surface area contributed by atoms with Gasteiger partial charge in [0.2, 0.25) is 5.16 Å². The molecule has 0 saturated carbocycles. The van der Waals surface area contributed by atoms with Crippen molar-refractivity contribution in [1.29, 1.82) is 0 Å². The molecule has 0 bridgehead atoms. The second-order valence-corrected chi connectivity index (χ2v) is 2.31. The molecule has 0 aliphatic carbocycles. The van der Waals surface area contributed by atoms with Crippen molar-refractivity contribution < 1.29 is 0 Å². The summed E-state index contributed by atoms with van der Waals surface area (Å²) in [6.07, 6.45) is 1.80. The van der Waals surface area contributed by atoms with Crippen molar-refractivity contribution in [1.82, 2.24) is 20.6 Å². The van der Waals surface area contributed by atoms with E-state index in [9.17, 15) is 0 Å². The number of hydrogen-bond acceptors (Lipinski definition) is 4. The van der Waals surface area contributed by atoms with Crippen LogP contribution in [-0.4, -0.2) is 26.4 Å². The summed E-state index contributed by atoms with van der Waals surface area (Å²) < 4.78 is 0. The monoisotopic (exact) mass is 142 g/mol. The standard InChI is InChI=1S/C4H6N4S/c1-2-3-9-4-5-7-8-6-4/h2H,1,3H2,(H,5,6,7,8). The fraction of sp³-hybridized carbons (Fsp3) is 0.250. The number of aromatic amines is 1. The first-order chi connectivity index (χ1) is 4.43. The molecular weight excluding hydrogens is 136 g/mol. The Morgan fingerprint density at radius 3 is 3.22 bits per heavy atom. The van der Waals surface area contributed by atoms with E-state index >= 15 is 0 Å². The van der Waals surface area contributed by atoms with Crippen molar-refractivity contribution in [3.63, 3.8) is 0 Å². The summed E-state index contributed by atoms with van der Waals surface area (Å²) in [5, 5.41) is 13.8. The lowest BCUT2D eigenvalue weighted by molar-refractivity contribution is 0.881. The van der Waals surface area contributed by atoms with E-state index in [0.717, 1.165) is 10.9 Å². The van der Waals surface area contributed by atoms with Crippen LogP contribution in [0.1, 0.15) is 0 Å². The molecule has 9 heavy (non-hydrogen) atoms. The third-order valence-electron chi connectivity index (χ3n) is 0.664. The molecule has 1 rings (SSSR count). The van der Waals surface area contributed by atoms with Crippen LogP contribution >= 0.6 is 11.8 Å². The second-order valence-electron chi connectivity index (χ2n) is 1.31. The van der Waals surface area contributed by atoms with E-state index in [1.54, 1.807) is 6.08 Å². The van der Waals surface area contributed by atoms with Crippen LogP contribution in [-0.2, 0) is 0 Å². The molecule has 48 valence electrons. The molecule has 0 aromatic carbocycles. The predicted molar refractivity (Wildman–Crippen MR) is 35.1 cm³/mol. The third-order valence-corrected chi connectivity index (χ3v) is 1.51. The topological polar surface area (TPSA) is 54.5 Å². The van der Waals surface area contributed by atoms with E-state index in [0.29, 0.717) is 0 Å². The molecule has 5 heteroatoms. The molecule has 0 amide bonds. The van der Waals surface area contributed by atoms with Gasteiger partial charge in [-0.05, 0) is 10.4 Å². The van der Waals surface area contributed by atoms with Crippen LogP contribution in [0.2, 0.25) is 0 Å². The van der Waals surface area contributed by atoms with Gasteiger partial charge in [0, 0.05) is 5.75 Å². The minimum absolute atomic E-state index is 0.731. The number of rotatable bonds is 3. The van der Waals surface area contributed by atoms with Crippen LogP contribution < -0.4 is 0 Å². The second kappa shape index (κ2) is 3.24. The molecule has 4 nitrogen and oxygen atoms in total. The highest BCUT2D eigenvalue weighted by atomic mass is 32.2. The minimum atomic E-state index is 0.731. The van der Waals surface area contributed by atoms with Crippen molar-refractivity contribution >= 4 is 11.8 Å². The number of thioether (sulfide) groups is 1. The van der Waals surface area contributed by atoms with E-state index in [4.69, 9.17) is 0 Å². The van der Waals surface area contributed by atoms with Crippen molar-refractivity contribution in [2.75, 3.05) is 5.75 Å². The SMILES string of the molecule is C=CCSc1nnn[nH]1. The zero-order chi connectivity index (χ0) is 6.53. The van der Waals surface area contributed by atoms with Gasteiger partial charge in [0.05, 0.1) is 0 Å². The molecule has 1 heterocycles. The van der Waals surface area contributed by atoms with E-state index in [1.807, 2.05) is 0 Å². The minimum Gasteiger partial charge on any atom is -0.234 e. The lowest BCUT2D eigenvalue weighted by atomic mass is 10.8. The molecule has 1 aromatic heterocycles. The number of nitrogens with zero attached hydrogens (tertiary/aromatic N) is 3. The molecule has 0 radical (unpaired) electrons. The number of aromatic nitrogens is 4. The van der Waals surface area contributed by atoms with Gasteiger partial charge in [-0.3, -0.25) is 0 Å². The van der Waals surface area contributed by atoms with Gasteiger partial charge in [0.25, 0.3) is 0 Å². The lowest BCUT2D eigenvalue weighted by Crippen LogP contribution is -1.75. The van der Waals surface area contributed by atoms with Crippen LogP contribution in [0, 0.1) is 0 Å². The molecule has 0 fully saturated rings. The molecule has 0 aliphatic rings. The van der Waals surface area contributed by atoms with Gasteiger partial charge in [-0.2, -0.15) is 0 Å². The highest BCUT2D eigenvalue weighted by Gasteiger charge is 1.92. The van der Waals surface area contributed by atoms with Crippen molar-refractivity contribution in [3.05, 3.63) is 12.7 Å². The molecule has 0 aliphatic heterocycles. The maximum atomic E-state index is 3.65. The number of nitrogens with one attached hydrogen (secondary N) is 1. The number of hydrogen-bond donors (Lipinski definition) is 1. The van der Waals surface area contributed by atoms with Crippen LogP contribution in [0.25, 0.3) is 0 Å². The molecular formula is C4H6N4S. The summed E-state index contributed by atoms with van der Waals surface area (Å²) in [6.45, 7) is 3.56. The maximum Gasteiger partial charge on any atom is 0.207 e. The van der Waals surface area contributed by atoms with Crippen LogP contribution in [0.5, 0.6) is 0 Å². The first-order valence-corrected chi connectivity index (χ1v) is 3.39. The van der Waals surface area contributed by atoms with Gasteiger partial charge in [-0.25, -0.2) is 5.10 Å². The maximum absolute atomic E-state index is 3.65. The summed E-state index contributed by atoms with van der Waals surface area (Å²) in [5.41, 5.74) is 0. The lowest BCUT2D eigenvalue weighted by Gasteiger charge is -1.84. The fourth-order valence-corrected chi connectivity index (χ4v) is 0.825. The summed E-state index contributed by atoms with van der Waals surface area (Å²) >= 11 is 1.52. The Bertz CT molecular complexity index is 171.